The highest BCUT2D eigenvalue weighted by molar-refractivity contribution is 8.44. The Morgan fingerprint density at radius 1 is 1.14 bits per heavy atom. The van der Waals surface area contributed by atoms with Crippen molar-refractivity contribution in [3.63, 3.8) is 0 Å². The maximum Gasteiger partial charge on any atom is 0.386 e. The van der Waals surface area contributed by atoms with Crippen LogP contribution in [-0.2, 0) is 36.7 Å². The van der Waals surface area contributed by atoms with Crippen LogP contribution in [0.1, 0.15) is 18.9 Å². The van der Waals surface area contributed by atoms with Crippen LogP contribution in [0.15, 0.2) is 22.2 Å². The van der Waals surface area contributed by atoms with Crippen molar-refractivity contribution in [3.05, 3.63) is 32.7 Å². The molecule has 44 heavy (non-hydrogen) atoms. The maximum atomic E-state index is 15.8. The van der Waals surface area contributed by atoms with Crippen LogP contribution in [0.2, 0.25) is 0 Å². The first kappa shape index (κ1) is 29.9. The normalized spacial score (nSPS) is 34.9. The summed E-state index contributed by atoms with van der Waals surface area (Å²) in [7, 11) is -3.38. The number of nitrogens with zero attached hydrogens (tertiary/aromatic N) is 6. The third-order valence-corrected chi connectivity index (χ3v) is 10.6. The summed E-state index contributed by atoms with van der Waals surface area (Å²) in [6.07, 6.45) is -7.05. The Morgan fingerprint density at radius 3 is 2.77 bits per heavy atom. The lowest BCUT2D eigenvalue weighted by molar-refractivity contribution is -0.0561. The first-order chi connectivity index (χ1) is 21.0. The minimum Gasteiger partial charge on any atom is -0.382 e. The zero-order valence-electron chi connectivity index (χ0n) is 21.9. The van der Waals surface area contributed by atoms with Crippen LogP contribution in [0.3, 0.4) is 0 Å². The summed E-state index contributed by atoms with van der Waals surface area (Å²) in [5.41, 5.74) is 11.2. The molecule has 0 amide bonds. The highest BCUT2D eigenvalue weighted by Crippen LogP contribution is 2.57. The van der Waals surface area contributed by atoms with Crippen molar-refractivity contribution in [2.75, 3.05) is 24.7 Å². The molecule has 3 saturated heterocycles. The van der Waals surface area contributed by atoms with Crippen molar-refractivity contribution < 1.29 is 41.1 Å². The number of H-pyrrole nitrogens is 1. The Morgan fingerprint density at radius 2 is 1.95 bits per heavy atom. The van der Waals surface area contributed by atoms with E-state index in [-0.39, 0.29) is 46.3 Å². The molecule has 0 spiro atoms. The molecule has 0 radical (unpaired) electrons. The van der Waals surface area contributed by atoms with Crippen molar-refractivity contribution in [1.82, 2.24) is 34.1 Å². The summed E-state index contributed by atoms with van der Waals surface area (Å²) in [4.78, 5) is 43.1. The molecule has 3 aliphatic rings. The summed E-state index contributed by atoms with van der Waals surface area (Å²) in [6.45, 7) is -5.21. The van der Waals surface area contributed by atoms with Crippen molar-refractivity contribution in [2.45, 2.75) is 49.5 Å². The Hall–Kier alpha value is -2.78. The number of halogens is 1. The fourth-order valence-electron chi connectivity index (χ4n) is 5.24. The first-order valence-electron chi connectivity index (χ1n) is 12.8. The van der Waals surface area contributed by atoms with Gasteiger partial charge >= 0.3 is 19.9 Å². The average Bonchev–Trinajstić information content (AvgIpc) is 3.71. The van der Waals surface area contributed by atoms with E-state index in [1.165, 1.54) is 17.2 Å². The van der Waals surface area contributed by atoms with Gasteiger partial charge in [-0.1, -0.05) is 23.6 Å². The van der Waals surface area contributed by atoms with Crippen LogP contribution in [0.5, 0.6) is 0 Å². The zero-order chi connectivity index (χ0) is 30.9. The highest BCUT2D eigenvalue weighted by atomic mass is 32.7. The van der Waals surface area contributed by atoms with E-state index in [0.717, 1.165) is 4.57 Å². The number of aromatic nitrogens is 7. The second-order valence-corrected chi connectivity index (χ2v) is 14.7. The monoisotopic (exact) mass is 693 g/mol. The van der Waals surface area contributed by atoms with Crippen LogP contribution < -0.4 is 21.9 Å². The standard InChI is InChI=1S/C20H22FN9O10P2S2/c21-9-11-8(38-18(9)29-5-26-10-13(22)24-4-25-14(10)29)3-36-42(34,43)40-7-1-6(2-35-41(33)39-11)37-17(7)30-15-12(44-20(30)32)16(31)28-19(23)27-15/h4-9,11,17-18,41H,1-3H2,(H,34,43)(H2,22,24,25)(H3,23,27,28,31)/t6-,7+,8+,9+,11?,17+,18+,42-/m0/s1. The number of alkyl halides is 1. The lowest BCUT2D eigenvalue weighted by Crippen LogP contribution is -2.33. The second-order valence-electron chi connectivity index (χ2n) is 9.87. The molecular formula is C20H22FN9O10P2S2. The van der Waals surface area contributed by atoms with Gasteiger partial charge in [-0.15, -0.1) is 0 Å². The summed E-state index contributed by atoms with van der Waals surface area (Å²) in [5.74, 6) is -0.185. The predicted octanol–water partition coefficient (Wildman–Crippen LogP) is 0.918. The number of ether oxygens (including phenoxy) is 2. The SMILES string of the molecule is Nc1nc2c(sc(=O)n2[C@@H]2O[C@@H]3CO[PH](=O)OC4[C@@H](F)[C@H](n5cnc6c(N)ncnc65)O[C@@H]4CO[P@](=O)(S)O[C@@H]2C3)c(=O)[nH]1. The van der Waals surface area contributed by atoms with Crippen LogP contribution in [-0.4, -0.2) is 77.9 Å². The molecule has 236 valence electrons. The van der Waals surface area contributed by atoms with Gasteiger partial charge in [0.2, 0.25) is 5.95 Å². The molecule has 3 fully saturated rings. The molecule has 3 aliphatic heterocycles. The number of imidazole rings is 1. The summed E-state index contributed by atoms with van der Waals surface area (Å²) in [6, 6.07) is 0. The highest BCUT2D eigenvalue weighted by Gasteiger charge is 2.50. The Kier molecular flexibility index (Phi) is 7.63. The Bertz CT molecular complexity index is 1960. The largest absolute Gasteiger partial charge is 0.386 e. The lowest BCUT2D eigenvalue weighted by atomic mass is 10.1. The number of rotatable bonds is 2. The van der Waals surface area contributed by atoms with Gasteiger partial charge in [-0.25, -0.2) is 23.9 Å². The summed E-state index contributed by atoms with van der Waals surface area (Å²) < 4.78 is 78.3. The van der Waals surface area contributed by atoms with Gasteiger partial charge in [-0.2, -0.15) is 4.98 Å². The van der Waals surface area contributed by atoms with Crippen LogP contribution >= 0.6 is 38.6 Å². The molecule has 0 aromatic carbocycles. The number of fused-ring (bicyclic) bond motifs is 5. The minimum absolute atomic E-state index is 0.0241. The van der Waals surface area contributed by atoms with Crippen LogP contribution in [0, 0.1) is 0 Å². The van der Waals surface area contributed by atoms with Gasteiger partial charge in [0.15, 0.2) is 35.7 Å². The Labute approximate surface area is 253 Å². The average molecular weight is 694 g/mol. The number of thiazole rings is 1. The molecule has 2 unspecified atom stereocenters. The van der Waals surface area contributed by atoms with Gasteiger partial charge in [0.25, 0.3) is 5.56 Å². The molecule has 4 aromatic heterocycles. The number of aromatic amines is 1. The third kappa shape index (κ3) is 5.27. The molecule has 5 N–H and O–H groups in total. The van der Waals surface area contributed by atoms with Crippen molar-refractivity contribution in [3.8, 4) is 0 Å². The number of hydrogen-bond acceptors (Lipinski definition) is 17. The van der Waals surface area contributed by atoms with E-state index in [9.17, 15) is 18.7 Å². The quantitative estimate of drug-likeness (QED) is 0.168. The zero-order valence-corrected chi connectivity index (χ0v) is 25.5. The fraction of sp³-hybridized carbons (Fsp3) is 0.500. The summed E-state index contributed by atoms with van der Waals surface area (Å²) >= 11 is 4.67. The van der Waals surface area contributed by atoms with Gasteiger partial charge in [0, 0.05) is 6.42 Å². The smallest absolute Gasteiger partial charge is 0.382 e. The predicted molar refractivity (Wildman–Crippen MR) is 153 cm³/mol. The molecule has 4 aromatic rings. The molecule has 0 aliphatic carbocycles. The van der Waals surface area contributed by atoms with Crippen molar-refractivity contribution in [2.24, 2.45) is 0 Å². The molecule has 9 atom stereocenters. The number of nitrogens with two attached hydrogens (primary N) is 2. The van der Waals surface area contributed by atoms with E-state index in [4.69, 9.17) is 39.0 Å². The van der Waals surface area contributed by atoms with Gasteiger partial charge in [-0.3, -0.25) is 37.3 Å². The van der Waals surface area contributed by atoms with E-state index in [2.05, 4.69) is 37.2 Å². The first-order valence-corrected chi connectivity index (χ1v) is 17.5. The third-order valence-electron chi connectivity index (χ3n) is 7.11. The molecule has 2 bridgehead atoms. The van der Waals surface area contributed by atoms with Crippen LogP contribution in [0.25, 0.3) is 21.5 Å². The number of hydrogen-bond donors (Lipinski definition) is 4. The maximum absolute atomic E-state index is 15.8. The summed E-state index contributed by atoms with van der Waals surface area (Å²) in [5, 5.41) is 0. The molecular weight excluding hydrogens is 671 g/mol. The van der Waals surface area contributed by atoms with Gasteiger partial charge < -0.3 is 30.0 Å². The molecule has 24 heteroatoms. The van der Waals surface area contributed by atoms with Gasteiger partial charge in [-0.05, 0) is 0 Å². The van der Waals surface area contributed by atoms with Crippen molar-refractivity contribution in [1.29, 1.82) is 0 Å². The van der Waals surface area contributed by atoms with E-state index < -0.39 is 75.1 Å². The van der Waals surface area contributed by atoms with Crippen LogP contribution in [0.4, 0.5) is 16.2 Å². The molecule has 19 nitrogen and oxygen atoms in total. The molecule has 7 heterocycles. The van der Waals surface area contributed by atoms with E-state index in [1.807, 2.05) is 0 Å². The lowest BCUT2D eigenvalue weighted by Gasteiger charge is -2.25. The molecule has 0 saturated carbocycles. The van der Waals surface area contributed by atoms with Gasteiger partial charge in [0.1, 0.15) is 34.9 Å². The number of nitrogen functional groups attached to an aromatic ring is 2. The molecule has 7 rings (SSSR count). The van der Waals surface area contributed by atoms with E-state index >= 15 is 4.39 Å². The number of thiol groups is 1. The minimum atomic E-state index is -4.28. The number of nitrogens with one attached hydrogen (secondary N) is 1. The fourth-order valence-corrected chi connectivity index (χ4v) is 8.47. The number of anilines is 2. The topological polar surface area (TPSA) is 253 Å². The Balaban J connectivity index is 1.18. The van der Waals surface area contributed by atoms with E-state index in [1.54, 1.807) is 0 Å². The second kappa shape index (κ2) is 11.2. The van der Waals surface area contributed by atoms with Gasteiger partial charge in [0.05, 0.1) is 25.6 Å². The van der Waals surface area contributed by atoms with Crippen molar-refractivity contribution >= 4 is 71.9 Å². The van der Waals surface area contributed by atoms with E-state index in [0.29, 0.717) is 11.3 Å².